The molecular weight excluding hydrogens is 488 g/mol. The van der Waals surface area contributed by atoms with Crippen LogP contribution in [0.5, 0.6) is 5.06 Å². The Labute approximate surface area is 210 Å². The van der Waals surface area contributed by atoms with Crippen LogP contribution in [0.2, 0.25) is 5.02 Å². The van der Waals surface area contributed by atoms with Crippen LogP contribution in [0, 0.1) is 0 Å². The number of rotatable bonds is 5. The normalized spacial score (nSPS) is 15.2. The van der Waals surface area contributed by atoms with Gasteiger partial charge in [0.05, 0.1) is 23.9 Å². The van der Waals surface area contributed by atoms with Gasteiger partial charge in [-0.3, -0.25) is 4.79 Å². The summed E-state index contributed by atoms with van der Waals surface area (Å²) >= 11 is 7.32. The number of aromatic amines is 1. The van der Waals surface area contributed by atoms with Gasteiger partial charge in [-0.1, -0.05) is 53.3 Å². The van der Waals surface area contributed by atoms with Crippen molar-refractivity contribution in [2.45, 2.75) is 25.0 Å². The van der Waals surface area contributed by atoms with Crippen molar-refractivity contribution < 1.29 is 14.6 Å². The number of anilines is 1. The lowest BCUT2D eigenvalue weighted by Crippen LogP contribution is -2.35. The van der Waals surface area contributed by atoms with Gasteiger partial charge in [-0.2, -0.15) is 0 Å². The number of hydrogen-bond donors (Lipinski definition) is 3. The van der Waals surface area contributed by atoms with E-state index in [9.17, 15) is 14.7 Å². The first-order chi connectivity index (χ1) is 17.0. The second-order valence-corrected chi connectivity index (χ2v) is 9.73. The van der Waals surface area contributed by atoms with Gasteiger partial charge in [-0.25, -0.2) is 9.78 Å². The molecule has 3 heterocycles. The molecule has 0 aliphatic carbocycles. The minimum Gasteiger partial charge on any atom is -0.397 e. The van der Waals surface area contributed by atoms with Gasteiger partial charge in [0, 0.05) is 35.3 Å². The van der Waals surface area contributed by atoms with Crippen molar-refractivity contribution in [1.82, 2.24) is 15.3 Å². The van der Waals surface area contributed by atoms with Crippen molar-refractivity contribution in [3.8, 4) is 5.06 Å². The Kier molecular flexibility index (Phi) is 6.72. The second-order valence-electron chi connectivity index (χ2n) is 8.32. The molecule has 0 radical (unpaired) electrons. The van der Waals surface area contributed by atoms with Crippen LogP contribution in [0.1, 0.15) is 30.0 Å². The monoisotopic (exact) mass is 510 g/mol. The van der Waals surface area contributed by atoms with Gasteiger partial charge < -0.3 is 25.0 Å². The predicted octanol–water partition coefficient (Wildman–Crippen LogP) is 4.48. The zero-order chi connectivity index (χ0) is 24.4. The summed E-state index contributed by atoms with van der Waals surface area (Å²) in [6, 6.07) is 13.5. The molecule has 1 aliphatic heterocycles. The lowest BCUT2D eigenvalue weighted by molar-refractivity contribution is 0.145. The fraction of sp³-hybridized carbons (Fsp3) is 0.240. The van der Waals surface area contributed by atoms with E-state index < -0.39 is 12.1 Å². The minimum atomic E-state index is -0.733. The molecule has 3 N–H and O–H groups in total. The highest BCUT2D eigenvalue weighted by atomic mass is 35.5. The Balaban J connectivity index is 1.38. The minimum absolute atomic E-state index is 0.211. The fourth-order valence-corrected chi connectivity index (χ4v) is 5.14. The number of H-pyrrole nitrogens is 1. The first-order valence-corrected chi connectivity index (χ1v) is 12.4. The van der Waals surface area contributed by atoms with E-state index in [1.54, 1.807) is 24.4 Å². The average molecular weight is 511 g/mol. The Morgan fingerprint density at radius 1 is 1.23 bits per heavy atom. The number of nitrogens with zero attached hydrogens (tertiary/aromatic N) is 2. The molecule has 180 valence electrons. The third kappa shape index (κ3) is 5.17. The fourth-order valence-electron chi connectivity index (χ4n) is 4.15. The third-order valence-corrected chi connectivity index (χ3v) is 7.15. The highest BCUT2D eigenvalue weighted by Gasteiger charge is 2.24. The first-order valence-electron chi connectivity index (χ1n) is 11.2. The number of benzene rings is 2. The van der Waals surface area contributed by atoms with Crippen LogP contribution in [-0.4, -0.2) is 40.4 Å². The number of piperidine rings is 1. The lowest BCUT2D eigenvalue weighted by atomic mass is 9.98. The van der Waals surface area contributed by atoms with Crippen LogP contribution in [0.15, 0.2) is 65.7 Å². The maximum absolute atomic E-state index is 13.3. The number of halogens is 1. The van der Waals surface area contributed by atoms with E-state index in [1.165, 1.54) is 17.5 Å². The number of fused-ring (bicyclic) bond motifs is 1. The number of aliphatic hydroxyl groups is 1. The molecule has 4 aromatic rings. The van der Waals surface area contributed by atoms with E-state index in [0.717, 1.165) is 10.7 Å². The van der Waals surface area contributed by atoms with E-state index in [4.69, 9.17) is 16.3 Å². The molecule has 1 atom stereocenters. The summed E-state index contributed by atoms with van der Waals surface area (Å²) in [7, 11) is 0. The summed E-state index contributed by atoms with van der Waals surface area (Å²) in [5, 5.41) is 14.6. The number of thiazole rings is 1. The standard InChI is InChI=1S/C25H23ClN4O4S/c26-16-6-7-18-20(12-16)27-13-19(23(18)32)22(15-4-2-1-3-5-15)29-25(33)34-21-14-28-24(35-21)30-10-8-17(31)9-11-30/h1-7,12-14,17,22,31H,8-11H2,(H,27,32)(H,29,33). The second kappa shape index (κ2) is 10.1. The molecule has 1 fully saturated rings. The summed E-state index contributed by atoms with van der Waals surface area (Å²) in [6.45, 7) is 1.40. The molecule has 1 amide bonds. The zero-order valence-corrected chi connectivity index (χ0v) is 20.2. The SMILES string of the molecule is O=C(NC(c1ccccc1)c1c[nH]c2cc(Cl)ccc2c1=O)Oc1cnc(N2CCC(O)CC2)s1. The van der Waals surface area contributed by atoms with Crippen molar-refractivity contribution in [2.75, 3.05) is 18.0 Å². The summed E-state index contributed by atoms with van der Waals surface area (Å²) in [5.74, 6) is 0. The first kappa shape index (κ1) is 23.3. The number of pyridine rings is 1. The van der Waals surface area contributed by atoms with Crippen LogP contribution in [0.3, 0.4) is 0 Å². The number of nitrogens with one attached hydrogen (secondary N) is 2. The Hall–Kier alpha value is -3.40. The molecule has 10 heteroatoms. The van der Waals surface area contributed by atoms with Crippen molar-refractivity contribution >= 4 is 45.1 Å². The summed E-state index contributed by atoms with van der Waals surface area (Å²) in [6.07, 6.45) is 3.49. The number of carbonyl (C=O) groups is 1. The van der Waals surface area contributed by atoms with Crippen molar-refractivity contribution in [3.63, 3.8) is 0 Å². The van der Waals surface area contributed by atoms with Crippen LogP contribution >= 0.6 is 22.9 Å². The number of ether oxygens (including phenoxy) is 1. The molecule has 8 nitrogen and oxygen atoms in total. The predicted molar refractivity (Wildman–Crippen MR) is 137 cm³/mol. The lowest BCUT2D eigenvalue weighted by Gasteiger charge is -2.28. The maximum Gasteiger partial charge on any atom is 0.414 e. The summed E-state index contributed by atoms with van der Waals surface area (Å²) in [5.41, 5.74) is 1.51. The molecule has 0 saturated carbocycles. The topological polar surface area (TPSA) is 108 Å². The third-order valence-electron chi connectivity index (χ3n) is 5.98. The maximum atomic E-state index is 13.3. The van der Waals surface area contributed by atoms with Crippen LogP contribution < -0.4 is 20.4 Å². The molecular formula is C25H23ClN4O4S. The van der Waals surface area contributed by atoms with Crippen molar-refractivity contribution in [1.29, 1.82) is 0 Å². The number of aliphatic hydroxyl groups excluding tert-OH is 1. The van der Waals surface area contributed by atoms with E-state index >= 15 is 0 Å². The Morgan fingerprint density at radius 3 is 2.77 bits per heavy atom. The van der Waals surface area contributed by atoms with Gasteiger partial charge in [-0.15, -0.1) is 0 Å². The van der Waals surface area contributed by atoms with E-state index in [-0.39, 0.29) is 11.5 Å². The van der Waals surface area contributed by atoms with E-state index in [2.05, 4.69) is 20.2 Å². The molecule has 2 aromatic carbocycles. The Bertz CT molecular complexity index is 1400. The molecule has 2 aromatic heterocycles. The molecule has 1 unspecified atom stereocenters. The number of amides is 1. The highest BCUT2D eigenvalue weighted by molar-refractivity contribution is 7.17. The highest BCUT2D eigenvalue weighted by Crippen LogP contribution is 2.31. The van der Waals surface area contributed by atoms with Crippen molar-refractivity contribution in [2.24, 2.45) is 0 Å². The van der Waals surface area contributed by atoms with E-state index in [1.807, 2.05) is 30.3 Å². The number of aromatic nitrogens is 2. The average Bonchev–Trinajstić information content (AvgIpc) is 3.32. The van der Waals surface area contributed by atoms with Gasteiger partial charge in [0.15, 0.2) is 10.6 Å². The van der Waals surface area contributed by atoms with Crippen LogP contribution in [-0.2, 0) is 0 Å². The van der Waals surface area contributed by atoms with E-state index in [0.29, 0.717) is 52.5 Å². The molecule has 1 saturated heterocycles. The molecule has 0 bridgehead atoms. The number of hydrogen-bond acceptors (Lipinski definition) is 7. The molecule has 35 heavy (non-hydrogen) atoms. The molecule has 1 aliphatic rings. The number of carbonyl (C=O) groups excluding carboxylic acids is 1. The van der Waals surface area contributed by atoms with Crippen LogP contribution in [0.25, 0.3) is 10.9 Å². The summed E-state index contributed by atoms with van der Waals surface area (Å²) in [4.78, 5) is 35.7. The van der Waals surface area contributed by atoms with Gasteiger partial charge in [0.25, 0.3) is 0 Å². The van der Waals surface area contributed by atoms with Crippen LogP contribution in [0.4, 0.5) is 9.93 Å². The van der Waals surface area contributed by atoms with Gasteiger partial charge in [0.1, 0.15) is 0 Å². The summed E-state index contributed by atoms with van der Waals surface area (Å²) < 4.78 is 5.52. The van der Waals surface area contributed by atoms with Gasteiger partial charge in [0.2, 0.25) is 5.06 Å². The largest absolute Gasteiger partial charge is 0.414 e. The Morgan fingerprint density at radius 2 is 2.00 bits per heavy atom. The quantitative estimate of drug-likeness (QED) is 0.365. The molecule has 5 rings (SSSR count). The van der Waals surface area contributed by atoms with Crippen molar-refractivity contribution in [3.05, 3.63) is 87.3 Å². The van der Waals surface area contributed by atoms with Gasteiger partial charge >= 0.3 is 6.09 Å². The smallest absolute Gasteiger partial charge is 0.397 e. The van der Waals surface area contributed by atoms with Gasteiger partial charge in [-0.05, 0) is 36.6 Å². The molecule has 0 spiro atoms. The zero-order valence-electron chi connectivity index (χ0n) is 18.6.